The van der Waals surface area contributed by atoms with Crippen LogP contribution in [0, 0.1) is 12.7 Å². The maximum Gasteiger partial charge on any atom is 0.331 e. The van der Waals surface area contributed by atoms with E-state index in [0.29, 0.717) is 12.1 Å². The molecule has 0 spiro atoms. The Morgan fingerprint density at radius 1 is 1.29 bits per heavy atom. The summed E-state index contributed by atoms with van der Waals surface area (Å²) >= 11 is 0. The summed E-state index contributed by atoms with van der Waals surface area (Å²) in [5, 5.41) is 0. The highest BCUT2D eigenvalue weighted by Crippen LogP contribution is 2.10. The lowest BCUT2D eigenvalue weighted by atomic mass is 10.1. The number of aromatic nitrogens is 2. The van der Waals surface area contributed by atoms with Crippen LogP contribution in [0.2, 0.25) is 0 Å². The molecule has 0 saturated heterocycles. The topological polar surface area (TPSA) is 70.0 Å². The lowest BCUT2D eigenvalue weighted by Crippen LogP contribution is -2.41. The van der Waals surface area contributed by atoms with Gasteiger partial charge in [-0.2, -0.15) is 0 Å². The molecule has 2 aromatic rings. The van der Waals surface area contributed by atoms with Crippen LogP contribution in [0.25, 0.3) is 0 Å². The van der Waals surface area contributed by atoms with Gasteiger partial charge in [0.2, 0.25) is 0 Å². The maximum absolute atomic E-state index is 13.3. The molecule has 0 aliphatic heterocycles. The number of halogens is 1. The van der Waals surface area contributed by atoms with E-state index in [-0.39, 0.29) is 12.2 Å². The molecule has 5 nitrogen and oxygen atoms in total. The first-order valence-electron chi connectivity index (χ1n) is 6.78. The zero-order valence-electron chi connectivity index (χ0n) is 12.1. The molecule has 0 aliphatic rings. The zero-order chi connectivity index (χ0) is 15.6. The predicted octanol–water partition coefficient (Wildman–Crippen LogP) is 1.50. The number of anilines is 1. The van der Waals surface area contributed by atoms with Crippen LogP contribution in [-0.4, -0.2) is 9.13 Å². The van der Waals surface area contributed by atoms with Crippen molar-refractivity contribution in [3.05, 3.63) is 62.2 Å². The molecule has 0 atom stereocenters. The molecule has 2 rings (SSSR count). The number of nitrogens with two attached hydrogens (primary N) is 1. The lowest BCUT2D eigenvalue weighted by Gasteiger charge is -2.12. The number of aryl methyl sites for hydroxylation is 2. The molecular formula is C15H18FN3O2. The van der Waals surface area contributed by atoms with Gasteiger partial charge in [-0.3, -0.25) is 13.9 Å². The van der Waals surface area contributed by atoms with Gasteiger partial charge in [-0.25, -0.2) is 9.18 Å². The van der Waals surface area contributed by atoms with E-state index >= 15 is 0 Å². The highest BCUT2D eigenvalue weighted by atomic mass is 19.1. The van der Waals surface area contributed by atoms with Crippen molar-refractivity contribution in [1.82, 2.24) is 9.13 Å². The summed E-state index contributed by atoms with van der Waals surface area (Å²) in [6, 6.07) is 4.29. The maximum atomic E-state index is 13.3. The summed E-state index contributed by atoms with van der Waals surface area (Å²) in [7, 11) is 0. The van der Waals surface area contributed by atoms with Gasteiger partial charge in [-0.1, -0.05) is 13.0 Å². The Kier molecular flexibility index (Phi) is 4.26. The van der Waals surface area contributed by atoms with Crippen molar-refractivity contribution in [1.29, 1.82) is 0 Å². The lowest BCUT2D eigenvalue weighted by molar-refractivity contribution is 0.570. The Labute approximate surface area is 121 Å². The van der Waals surface area contributed by atoms with Gasteiger partial charge in [0.05, 0.1) is 6.54 Å². The average Bonchev–Trinajstić information content (AvgIpc) is 2.44. The van der Waals surface area contributed by atoms with Crippen LogP contribution in [0.15, 0.2) is 34.0 Å². The second kappa shape index (κ2) is 5.95. The Morgan fingerprint density at radius 2 is 2.00 bits per heavy atom. The summed E-state index contributed by atoms with van der Waals surface area (Å²) in [4.78, 5) is 24.4. The fourth-order valence-corrected chi connectivity index (χ4v) is 2.20. The Balaban J connectivity index is 2.56. The molecule has 0 aliphatic carbocycles. The second-order valence-electron chi connectivity index (χ2n) is 5.02. The predicted molar refractivity (Wildman–Crippen MR) is 79.9 cm³/mol. The van der Waals surface area contributed by atoms with E-state index in [9.17, 15) is 14.0 Å². The minimum absolute atomic E-state index is 0.00993. The molecule has 1 aromatic heterocycles. The van der Waals surface area contributed by atoms with E-state index in [1.807, 2.05) is 6.92 Å². The Hall–Kier alpha value is -2.37. The first-order valence-corrected chi connectivity index (χ1v) is 6.78. The van der Waals surface area contributed by atoms with Gasteiger partial charge >= 0.3 is 5.69 Å². The molecule has 21 heavy (non-hydrogen) atoms. The largest absolute Gasteiger partial charge is 0.393 e. The van der Waals surface area contributed by atoms with Crippen molar-refractivity contribution < 1.29 is 4.39 Å². The van der Waals surface area contributed by atoms with Crippen LogP contribution in [0.5, 0.6) is 0 Å². The molecule has 2 N–H and O–H groups in total. The molecule has 0 saturated carbocycles. The van der Waals surface area contributed by atoms with Gasteiger partial charge in [-0.05, 0) is 36.6 Å². The standard InChI is InChI=1S/C15H18FN3O2/c1-3-6-18-9-13(17)14(20)19(15(18)21)8-11-7-12(16)5-4-10(11)2/h4-5,7,9H,3,6,8,17H2,1-2H3. The number of nitrogens with zero attached hydrogens (tertiary/aromatic N) is 2. The van der Waals surface area contributed by atoms with E-state index in [2.05, 4.69) is 0 Å². The monoisotopic (exact) mass is 291 g/mol. The van der Waals surface area contributed by atoms with Crippen molar-refractivity contribution in [2.75, 3.05) is 5.73 Å². The third-order valence-electron chi connectivity index (χ3n) is 3.37. The summed E-state index contributed by atoms with van der Waals surface area (Å²) in [5.74, 6) is -0.401. The normalized spacial score (nSPS) is 10.8. The molecule has 1 heterocycles. The number of benzene rings is 1. The molecule has 0 fully saturated rings. The van der Waals surface area contributed by atoms with Crippen LogP contribution < -0.4 is 17.0 Å². The van der Waals surface area contributed by atoms with Gasteiger partial charge in [0.25, 0.3) is 5.56 Å². The van der Waals surface area contributed by atoms with Gasteiger partial charge in [0, 0.05) is 12.7 Å². The first kappa shape index (κ1) is 15.0. The van der Waals surface area contributed by atoms with Crippen LogP contribution in [0.4, 0.5) is 10.1 Å². The quantitative estimate of drug-likeness (QED) is 0.928. The fraction of sp³-hybridized carbons (Fsp3) is 0.333. The average molecular weight is 291 g/mol. The highest BCUT2D eigenvalue weighted by Gasteiger charge is 2.11. The summed E-state index contributed by atoms with van der Waals surface area (Å²) in [6.07, 6.45) is 2.11. The van der Waals surface area contributed by atoms with E-state index in [4.69, 9.17) is 5.73 Å². The van der Waals surface area contributed by atoms with Gasteiger partial charge in [0.15, 0.2) is 0 Å². The third kappa shape index (κ3) is 3.04. The molecule has 6 heteroatoms. The molecule has 1 aromatic carbocycles. The van der Waals surface area contributed by atoms with Crippen molar-refractivity contribution in [2.24, 2.45) is 0 Å². The molecule has 0 radical (unpaired) electrons. The highest BCUT2D eigenvalue weighted by molar-refractivity contribution is 5.32. The molecular weight excluding hydrogens is 273 g/mol. The van der Waals surface area contributed by atoms with Crippen LogP contribution in [-0.2, 0) is 13.1 Å². The second-order valence-corrected chi connectivity index (χ2v) is 5.02. The van der Waals surface area contributed by atoms with Gasteiger partial charge < -0.3 is 5.73 Å². The fourth-order valence-electron chi connectivity index (χ4n) is 2.20. The van der Waals surface area contributed by atoms with Crippen molar-refractivity contribution in [3.63, 3.8) is 0 Å². The van der Waals surface area contributed by atoms with Crippen molar-refractivity contribution >= 4 is 5.69 Å². The van der Waals surface area contributed by atoms with E-state index in [1.54, 1.807) is 13.0 Å². The van der Waals surface area contributed by atoms with E-state index in [0.717, 1.165) is 16.6 Å². The SMILES string of the molecule is CCCn1cc(N)c(=O)n(Cc2cc(F)ccc2C)c1=O. The molecule has 112 valence electrons. The smallest absolute Gasteiger partial charge is 0.331 e. The van der Waals surface area contributed by atoms with Crippen LogP contribution in [0.1, 0.15) is 24.5 Å². The number of rotatable bonds is 4. The summed E-state index contributed by atoms with van der Waals surface area (Å²) in [5.41, 5.74) is 6.11. The van der Waals surface area contributed by atoms with E-state index in [1.165, 1.54) is 22.9 Å². The van der Waals surface area contributed by atoms with Crippen LogP contribution >= 0.6 is 0 Å². The minimum atomic E-state index is -0.545. The molecule has 0 bridgehead atoms. The summed E-state index contributed by atoms with van der Waals surface area (Å²) in [6.45, 7) is 4.22. The summed E-state index contributed by atoms with van der Waals surface area (Å²) < 4.78 is 15.8. The third-order valence-corrected chi connectivity index (χ3v) is 3.37. The van der Waals surface area contributed by atoms with Crippen molar-refractivity contribution in [3.8, 4) is 0 Å². The Morgan fingerprint density at radius 3 is 2.67 bits per heavy atom. The minimum Gasteiger partial charge on any atom is -0.393 e. The number of nitrogen functional groups attached to an aromatic ring is 1. The number of hydrogen-bond donors (Lipinski definition) is 1. The molecule has 0 unspecified atom stereocenters. The zero-order valence-corrected chi connectivity index (χ0v) is 12.1. The van der Waals surface area contributed by atoms with Crippen molar-refractivity contribution in [2.45, 2.75) is 33.4 Å². The molecule has 0 amide bonds. The first-order chi connectivity index (χ1) is 9.93. The van der Waals surface area contributed by atoms with Gasteiger partial charge in [-0.15, -0.1) is 0 Å². The van der Waals surface area contributed by atoms with Crippen LogP contribution in [0.3, 0.4) is 0 Å². The number of hydrogen-bond acceptors (Lipinski definition) is 3. The Bertz CT molecular complexity index is 777. The van der Waals surface area contributed by atoms with Gasteiger partial charge in [0.1, 0.15) is 11.5 Å². The van der Waals surface area contributed by atoms with E-state index < -0.39 is 17.1 Å².